The zero-order valence-electron chi connectivity index (χ0n) is 8.92. The van der Waals surface area contributed by atoms with E-state index in [1.54, 1.807) is 6.07 Å². The highest BCUT2D eigenvalue weighted by atomic mass is 16.1. The first kappa shape index (κ1) is 11.2. The van der Waals surface area contributed by atoms with E-state index in [1.165, 1.54) is 6.92 Å². The molecule has 1 aromatic rings. The third-order valence-corrected chi connectivity index (χ3v) is 2.18. The van der Waals surface area contributed by atoms with Gasteiger partial charge in [0, 0.05) is 19.0 Å². The van der Waals surface area contributed by atoms with Crippen molar-refractivity contribution in [3.05, 3.63) is 34.9 Å². The summed E-state index contributed by atoms with van der Waals surface area (Å²) in [6, 6.07) is 5.51. The smallest absolute Gasteiger partial charge is 0.217 e. The molecule has 0 aliphatic heterocycles. The van der Waals surface area contributed by atoms with E-state index < -0.39 is 0 Å². The summed E-state index contributed by atoms with van der Waals surface area (Å²) < 4.78 is 0. The Morgan fingerprint density at radius 1 is 1.53 bits per heavy atom. The summed E-state index contributed by atoms with van der Waals surface area (Å²) in [5, 5.41) is 10.0. The van der Waals surface area contributed by atoms with Crippen LogP contribution in [-0.4, -0.2) is 11.7 Å². The molecule has 15 heavy (non-hydrogen) atoms. The molecule has 0 spiro atoms. The Hall–Kier alpha value is -1.84. The van der Waals surface area contributed by atoms with E-state index in [4.69, 9.17) is 11.1 Å². The highest BCUT2D eigenvalue weighted by molar-refractivity contribution is 5.95. The van der Waals surface area contributed by atoms with Gasteiger partial charge in [-0.05, 0) is 24.1 Å². The first-order valence-electron chi connectivity index (χ1n) is 4.69. The van der Waals surface area contributed by atoms with Crippen LogP contribution in [0.15, 0.2) is 18.2 Å². The first-order chi connectivity index (χ1) is 7.00. The minimum atomic E-state index is -0.0509. The fourth-order valence-electron chi connectivity index (χ4n) is 1.28. The number of carbonyl (C=O) groups excluding carboxylic acids is 1. The van der Waals surface area contributed by atoms with Crippen LogP contribution in [0.5, 0.6) is 0 Å². The molecule has 0 saturated carbocycles. The van der Waals surface area contributed by atoms with Gasteiger partial charge in [0.15, 0.2) is 0 Å². The molecule has 1 amide bonds. The molecule has 0 saturated heterocycles. The van der Waals surface area contributed by atoms with Gasteiger partial charge in [-0.1, -0.05) is 12.1 Å². The molecule has 0 unspecified atom stereocenters. The van der Waals surface area contributed by atoms with Crippen LogP contribution < -0.4 is 11.1 Å². The average Bonchev–Trinajstić information content (AvgIpc) is 2.15. The van der Waals surface area contributed by atoms with E-state index in [1.807, 2.05) is 19.1 Å². The molecule has 0 fully saturated rings. The molecule has 80 valence electrons. The minimum Gasteiger partial charge on any atom is -0.384 e. The predicted octanol–water partition coefficient (Wildman–Crippen LogP) is 0.915. The maximum absolute atomic E-state index is 10.7. The van der Waals surface area contributed by atoms with Crippen molar-refractivity contribution < 1.29 is 4.79 Å². The summed E-state index contributed by atoms with van der Waals surface area (Å²) in [5.74, 6) is 0.00854. The average molecular weight is 205 g/mol. The number of amides is 1. The van der Waals surface area contributed by atoms with E-state index in [-0.39, 0.29) is 11.7 Å². The topological polar surface area (TPSA) is 79.0 Å². The van der Waals surface area contributed by atoms with Gasteiger partial charge in [-0.15, -0.1) is 0 Å². The summed E-state index contributed by atoms with van der Waals surface area (Å²) in [4.78, 5) is 10.7. The van der Waals surface area contributed by atoms with E-state index in [2.05, 4.69) is 5.32 Å². The Kier molecular flexibility index (Phi) is 3.44. The number of nitrogens with one attached hydrogen (secondary N) is 2. The number of hydrogen-bond donors (Lipinski definition) is 3. The second-order valence-electron chi connectivity index (χ2n) is 3.46. The highest BCUT2D eigenvalue weighted by Gasteiger charge is 2.02. The molecule has 4 nitrogen and oxygen atoms in total. The van der Waals surface area contributed by atoms with Gasteiger partial charge in [0.25, 0.3) is 0 Å². The molecule has 0 aromatic heterocycles. The lowest BCUT2D eigenvalue weighted by Gasteiger charge is -2.08. The Morgan fingerprint density at radius 2 is 2.20 bits per heavy atom. The minimum absolute atomic E-state index is 0.0509. The number of benzene rings is 1. The van der Waals surface area contributed by atoms with Crippen molar-refractivity contribution >= 4 is 11.7 Å². The first-order valence-corrected chi connectivity index (χ1v) is 4.69. The molecule has 0 aliphatic carbocycles. The van der Waals surface area contributed by atoms with E-state index in [9.17, 15) is 4.79 Å². The fraction of sp³-hybridized carbons (Fsp3) is 0.273. The lowest BCUT2D eigenvalue weighted by Crippen LogP contribution is -2.20. The lowest BCUT2D eigenvalue weighted by atomic mass is 10.0. The summed E-state index contributed by atoms with van der Waals surface area (Å²) in [6.07, 6.45) is 0. The van der Waals surface area contributed by atoms with Gasteiger partial charge in [-0.25, -0.2) is 0 Å². The maximum Gasteiger partial charge on any atom is 0.217 e. The van der Waals surface area contributed by atoms with Crippen LogP contribution in [-0.2, 0) is 11.3 Å². The second-order valence-corrected chi connectivity index (χ2v) is 3.46. The molecule has 0 atom stereocenters. The SMILES string of the molecule is CC(=O)NCc1ccc(C(=N)N)cc1C. The van der Waals surface area contributed by atoms with Crippen molar-refractivity contribution in [3.8, 4) is 0 Å². The third-order valence-electron chi connectivity index (χ3n) is 2.18. The number of carbonyl (C=O) groups is 1. The number of amidine groups is 1. The van der Waals surface area contributed by atoms with Crippen LogP contribution in [0.25, 0.3) is 0 Å². The van der Waals surface area contributed by atoms with Gasteiger partial charge in [0.2, 0.25) is 5.91 Å². The van der Waals surface area contributed by atoms with Gasteiger partial charge in [-0.3, -0.25) is 10.2 Å². The summed E-state index contributed by atoms with van der Waals surface area (Å²) in [5.41, 5.74) is 8.14. The van der Waals surface area contributed by atoms with Gasteiger partial charge in [0.05, 0.1) is 0 Å². The zero-order chi connectivity index (χ0) is 11.4. The Balaban J connectivity index is 2.83. The van der Waals surface area contributed by atoms with Crippen LogP contribution in [0, 0.1) is 12.3 Å². The third kappa shape index (κ3) is 3.09. The van der Waals surface area contributed by atoms with Crippen LogP contribution in [0.1, 0.15) is 23.6 Å². The largest absolute Gasteiger partial charge is 0.384 e. The predicted molar refractivity (Wildman–Crippen MR) is 59.7 cm³/mol. The summed E-state index contributed by atoms with van der Waals surface area (Å²) in [7, 11) is 0. The summed E-state index contributed by atoms with van der Waals surface area (Å²) in [6.45, 7) is 3.93. The molecule has 4 heteroatoms. The normalized spacial score (nSPS) is 9.73. The standard InChI is InChI=1S/C11H15N3O/c1-7-5-9(11(12)13)3-4-10(7)6-14-8(2)15/h3-5H,6H2,1-2H3,(H3,12,13)(H,14,15). The fourth-order valence-corrected chi connectivity index (χ4v) is 1.28. The molecule has 0 aliphatic rings. The summed E-state index contributed by atoms with van der Waals surface area (Å²) >= 11 is 0. The lowest BCUT2D eigenvalue weighted by molar-refractivity contribution is -0.119. The van der Waals surface area contributed by atoms with Crippen molar-refractivity contribution in [2.45, 2.75) is 20.4 Å². The monoisotopic (exact) mass is 205 g/mol. The number of aryl methyl sites for hydroxylation is 1. The van der Waals surface area contributed by atoms with E-state index >= 15 is 0 Å². The van der Waals surface area contributed by atoms with E-state index in [0.717, 1.165) is 11.1 Å². The highest BCUT2D eigenvalue weighted by Crippen LogP contribution is 2.10. The van der Waals surface area contributed by atoms with Gasteiger partial charge in [0.1, 0.15) is 5.84 Å². The van der Waals surface area contributed by atoms with Crippen molar-refractivity contribution in [1.29, 1.82) is 5.41 Å². The molecule has 0 bridgehead atoms. The zero-order valence-corrected chi connectivity index (χ0v) is 8.92. The Labute approximate surface area is 89.0 Å². The Morgan fingerprint density at radius 3 is 2.67 bits per heavy atom. The van der Waals surface area contributed by atoms with Gasteiger partial charge >= 0.3 is 0 Å². The second kappa shape index (κ2) is 4.59. The molecule has 0 radical (unpaired) electrons. The van der Waals surface area contributed by atoms with Crippen molar-refractivity contribution in [2.75, 3.05) is 0 Å². The van der Waals surface area contributed by atoms with Gasteiger partial charge in [-0.2, -0.15) is 0 Å². The number of hydrogen-bond acceptors (Lipinski definition) is 2. The molecule has 0 heterocycles. The van der Waals surface area contributed by atoms with Crippen LogP contribution in [0.3, 0.4) is 0 Å². The number of rotatable bonds is 3. The van der Waals surface area contributed by atoms with Crippen LogP contribution in [0.4, 0.5) is 0 Å². The molecule has 4 N–H and O–H groups in total. The molecular formula is C11H15N3O. The molecular weight excluding hydrogens is 190 g/mol. The van der Waals surface area contributed by atoms with Gasteiger partial charge < -0.3 is 11.1 Å². The molecule has 1 aromatic carbocycles. The van der Waals surface area contributed by atoms with E-state index in [0.29, 0.717) is 12.1 Å². The number of nitrogen functional groups attached to an aromatic ring is 1. The van der Waals surface area contributed by atoms with Crippen LogP contribution >= 0.6 is 0 Å². The molecule has 1 rings (SSSR count). The maximum atomic E-state index is 10.7. The Bertz CT molecular complexity index is 399. The number of nitrogens with two attached hydrogens (primary N) is 1. The van der Waals surface area contributed by atoms with Crippen molar-refractivity contribution in [2.24, 2.45) is 5.73 Å². The van der Waals surface area contributed by atoms with Crippen LogP contribution in [0.2, 0.25) is 0 Å². The van der Waals surface area contributed by atoms with Crippen molar-refractivity contribution in [1.82, 2.24) is 5.32 Å². The van der Waals surface area contributed by atoms with Crippen molar-refractivity contribution in [3.63, 3.8) is 0 Å². The quantitative estimate of drug-likeness (QED) is 0.506.